The Hall–Kier alpha value is -0.530. The fourth-order valence-corrected chi connectivity index (χ4v) is 1.74. The maximum atomic E-state index is 11.0. The van der Waals surface area contributed by atoms with Gasteiger partial charge >= 0.3 is 0 Å². The SMILES string of the molecule is CCC(CC)(NC(C)=O)C(C)C. The van der Waals surface area contributed by atoms with Crippen molar-refractivity contribution in [3.63, 3.8) is 0 Å². The van der Waals surface area contributed by atoms with Gasteiger partial charge < -0.3 is 5.32 Å². The van der Waals surface area contributed by atoms with E-state index in [2.05, 4.69) is 33.0 Å². The topological polar surface area (TPSA) is 29.1 Å². The summed E-state index contributed by atoms with van der Waals surface area (Å²) in [6.07, 6.45) is 2.00. The highest BCUT2D eigenvalue weighted by molar-refractivity contribution is 5.73. The maximum Gasteiger partial charge on any atom is 0.217 e. The van der Waals surface area contributed by atoms with Crippen molar-refractivity contribution in [3.05, 3.63) is 0 Å². The molecule has 0 saturated heterocycles. The molecular formula is C10H21NO. The number of rotatable bonds is 4. The molecule has 0 unspecified atom stereocenters. The number of hydrogen-bond acceptors (Lipinski definition) is 1. The van der Waals surface area contributed by atoms with Gasteiger partial charge in [0.25, 0.3) is 0 Å². The molecule has 0 aliphatic heterocycles. The minimum absolute atomic E-state index is 0.00579. The van der Waals surface area contributed by atoms with Gasteiger partial charge in [-0.3, -0.25) is 4.79 Å². The largest absolute Gasteiger partial charge is 0.351 e. The molecule has 0 fully saturated rings. The van der Waals surface area contributed by atoms with Crippen molar-refractivity contribution < 1.29 is 4.79 Å². The summed E-state index contributed by atoms with van der Waals surface area (Å²) in [7, 11) is 0. The van der Waals surface area contributed by atoms with Crippen LogP contribution in [0.5, 0.6) is 0 Å². The van der Waals surface area contributed by atoms with Gasteiger partial charge in [-0.1, -0.05) is 27.7 Å². The molecule has 0 saturated carbocycles. The average Bonchev–Trinajstić information content (AvgIpc) is 1.99. The molecule has 1 amide bonds. The summed E-state index contributed by atoms with van der Waals surface area (Å²) in [6.45, 7) is 10.1. The lowest BCUT2D eigenvalue weighted by atomic mass is 9.81. The van der Waals surface area contributed by atoms with E-state index >= 15 is 0 Å². The normalized spacial score (nSPS) is 11.8. The Morgan fingerprint density at radius 1 is 1.33 bits per heavy atom. The van der Waals surface area contributed by atoms with Gasteiger partial charge in [-0.2, -0.15) is 0 Å². The van der Waals surface area contributed by atoms with Crippen molar-refractivity contribution in [2.75, 3.05) is 0 Å². The zero-order chi connectivity index (χ0) is 9.78. The second-order valence-electron chi connectivity index (χ2n) is 3.70. The molecule has 12 heavy (non-hydrogen) atoms. The van der Waals surface area contributed by atoms with Gasteiger partial charge in [0.2, 0.25) is 5.91 Å². The molecule has 0 aromatic rings. The van der Waals surface area contributed by atoms with Gasteiger partial charge in [0.1, 0.15) is 0 Å². The highest BCUT2D eigenvalue weighted by Crippen LogP contribution is 2.24. The monoisotopic (exact) mass is 171 g/mol. The lowest BCUT2D eigenvalue weighted by Crippen LogP contribution is -2.50. The summed E-state index contributed by atoms with van der Waals surface area (Å²) in [4.78, 5) is 11.0. The van der Waals surface area contributed by atoms with Crippen LogP contribution in [0, 0.1) is 5.92 Å². The molecule has 1 N–H and O–H groups in total. The number of amides is 1. The zero-order valence-electron chi connectivity index (χ0n) is 8.90. The molecule has 0 heterocycles. The molecular weight excluding hydrogens is 150 g/mol. The lowest BCUT2D eigenvalue weighted by molar-refractivity contribution is -0.121. The van der Waals surface area contributed by atoms with Crippen LogP contribution in [-0.4, -0.2) is 11.4 Å². The Morgan fingerprint density at radius 3 is 1.83 bits per heavy atom. The summed E-state index contributed by atoms with van der Waals surface area (Å²) in [5.41, 5.74) is 0.00579. The molecule has 72 valence electrons. The van der Waals surface area contributed by atoms with E-state index in [4.69, 9.17) is 0 Å². The van der Waals surface area contributed by atoms with Crippen molar-refractivity contribution in [1.29, 1.82) is 0 Å². The van der Waals surface area contributed by atoms with Crippen molar-refractivity contribution in [2.45, 2.75) is 53.0 Å². The van der Waals surface area contributed by atoms with Gasteiger partial charge in [0.05, 0.1) is 0 Å². The van der Waals surface area contributed by atoms with Crippen molar-refractivity contribution >= 4 is 5.91 Å². The van der Waals surface area contributed by atoms with Crippen LogP contribution in [0.1, 0.15) is 47.5 Å². The van der Waals surface area contributed by atoms with E-state index in [1.165, 1.54) is 0 Å². The Bertz CT molecular complexity index is 148. The molecule has 0 aliphatic rings. The van der Waals surface area contributed by atoms with Gasteiger partial charge in [-0.15, -0.1) is 0 Å². The van der Waals surface area contributed by atoms with Crippen molar-refractivity contribution in [2.24, 2.45) is 5.92 Å². The fraction of sp³-hybridized carbons (Fsp3) is 0.900. The highest BCUT2D eigenvalue weighted by atomic mass is 16.1. The van der Waals surface area contributed by atoms with Crippen LogP contribution in [-0.2, 0) is 4.79 Å². The second kappa shape index (κ2) is 4.48. The minimum atomic E-state index is 0.00579. The van der Waals surface area contributed by atoms with E-state index in [-0.39, 0.29) is 11.4 Å². The first-order valence-electron chi connectivity index (χ1n) is 4.77. The molecule has 2 heteroatoms. The fourth-order valence-electron chi connectivity index (χ4n) is 1.74. The first-order chi connectivity index (χ1) is 5.48. The second-order valence-corrected chi connectivity index (χ2v) is 3.70. The predicted octanol–water partition coefficient (Wildman–Crippen LogP) is 2.34. The standard InChI is InChI=1S/C10H21NO/c1-6-10(7-2,8(3)4)11-9(5)12/h8H,6-7H2,1-5H3,(H,11,12). The molecule has 0 atom stereocenters. The van der Waals surface area contributed by atoms with Crippen LogP contribution in [0.15, 0.2) is 0 Å². The smallest absolute Gasteiger partial charge is 0.217 e. The minimum Gasteiger partial charge on any atom is -0.351 e. The van der Waals surface area contributed by atoms with Crippen LogP contribution in [0.2, 0.25) is 0 Å². The molecule has 0 aliphatic carbocycles. The maximum absolute atomic E-state index is 11.0. The van der Waals surface area contributed by atoms with Crippen molar-refractivity contribution in [3.8, 4) is 0 Å². The Kier molecular flexibility index (Phi) is 4.29. The zero-order valence-corrected chi connectivity index (χ0v) is 8.90. The summed E-state index contributed by atoms with van der Waals surface area (Å²) < 4.78 is 0. The molecule has 0 radical (unpaired) electrons. The van der Waals surface area contributed by atoms with Crippen LogP contribution < -0.4 is 5.32 Å². The summed E-state index contributed by atoms with van der Waals surface area (Å²) in [5.74, 6) is 0.573. The number of carbonyl (C=O) groups excluding carboxylic acids is 1. The van der Waals surface area contributed by atoms with E-state index in [0.717, 1.165) is 12.8 Å². The first kappa shape index (κ1) is 11.5. The van der Waals surface area contributed by atoms with Gasteiger partial charge in [-0.05, 0) is 18.8 Å². The average molecular weight is 171 g/mol. The molecule has 0 spiro atoms. The molecule has 0 aromatic heterocycles. The molecule has 0 bridgehead atoms. The van der Waals surface area contributed by atoms with Gasteiger partial charge in [-0.25, -0.2) is 0 Å². The molecule has 2 nitrogen and oxygen atoms in total. The van der Waals surface area contributed by atoms with Crippen LogP contribution in [0.4, 0.5) is 0 Å². The van der Waals surface area contributed by atoms with Crippen LogP contribution >= 0.6 is 0 Å². The van der Waals surface area contributed by atoms with E-state index in [1.54, 1.807) is 6.92 Å². The third kappa shape index (κ3) is 2.50. The quantitative estimate of drug-likeness (QED) is 0.691. The van der Waals surface area contributed by atoms with E-state index in [0.29, 0.717) is 5.92 Å². The Labute approximate surface area is 75.7 Å². The van der Waals surface area contributed by atoms with E-state index < -0.39 is 0 Å². The van der Waals surface area contributed by atoms with Crippen LogP contribution in [0.25, 0.3) is 0 Å². The highest BCUT2D eigenvalue weighted by Gasteiger charge is 2.30. The Morgan fingerprint density at radius 2 is 1.75 bits per heavy atom. The van der Waals surface area contributed by atoms with E-state index in [9.17, 15) is 4.79 Å². The molecule has 0 rings (SSSR count). The number of nitrogens with one attached hydrogen (secondary N) is 1. The van der Waals surface area contributed by atoms with Crippen molar-refractivity contribution in [1.82, 2.24) is 5.32 Å². The Balaban J connectivity index is 4.46. The first-order valence-corrected chi connectivity index (χ1v) is 4.77. The predicted molar refractivity (Wildman–Crippen MR) is 52.0 cm³/mol. The van der Waals surface area contributed by atoms with Gasteiger partial charge in [0, 0.05) is 12.5 Å². The third-order valence-electron chi connectivity index (χ3n) is 2.79. The summed E-state index contributed by atoms with van der Waals surface area (Å²) in [5, 5.41) is 3.05. The number of hydrogen-bond donors (Lipinski definition) is 1. The number of carbonyl (C=O) groups is 1. The van der Waals surface area contributed by atoms with Crippen LogP contribution in [0.3, 0.4) is 0 Å². The van der Waals surface area contributed by atoms with Gasteiger partial charge in [0.15, 0.2) is 0 Å². The summed E-state index contributed by atoms with van der Waals surface area (Å²) in [6, 6.07) is 0. The third-order valence-corrected chi connectivity index (χ3v) is 2.79. The summed E-state index contributed by atoms with van der Waals surface area (Å²) >= 11 is 0. The lowest BCUT2D eigenvalue weighted by Gasteiger charge is -2.36. The van der Waals surface area contributed by atoms with E-state index in [1.807, 2.05) is 0 Å². The molecule has 0 aromatic carbocycles.